The molecule has 1 aromatic carbocycles. The monoisotopic (exact) mass is 259 g/mol. The second kappa shape index (κ2) is 6.95. The normalized spacial score (nSPS) is 10.8. The second-order valence-electron chi connectivity index (χ2n) is 4.55. The molecule has 1 aromatic heterocycles. The summed E-state index contributed by atoms with van der Waals surface area (Å²) in [7, 11) is 0. The summed E-state index contributed by atoms with van der Waals surface area (Å²) in [6.07, 6.45) is 3.04. The fourth-order valence-corrected chi connectivity index (χ4v) is 2.11. The lowest BCUT2D eigenvalue weighted by molar-refractivity contribution is -0.120. The van der Waals surface area contributed by atoms with Crippen molar-refractivity contribution in [1.82, 2.24) is 15.2 Å². The number of carbonyl (C=O) groups excluding carboxylic acids is 1. The Kier molecular flexibility index (Phi) is 4.98. The third kappa shape index (κ3) is 3.83. The van der Waals surface area contributed by atoms with Crippen LogP contribution in [0.1, 0.15) is 13.3 Å². The van der Waals surface area contributed by atoms with Crippen LogP contribution in [0.4, 0.5) is 0 Å². The summed E-state index contributed by atoms with van der Waals surface area (Å²) in [5.74, 6) is 0.0687. The number of carbonyl (C=O) groups is 1. The van der Waals surface area contributed by atoms with E-state index in [2.05, 4.69) is 45.7 Å². The number of rotatable bonds is 7. The molecular formula is C15H21N3O. The Morgan fingerprint density at radius 1 is 1.26 bits per heavy atom. The van der Waals surface area contributed by atoms with Gasteiger partial charge in [-0.05, 0) is 30.5 Å². The number of fused-ring (bicyclic) bond motifs is 1. The summed E-state index contributed by atoms with van der Waals surface area (Å²) < 4.78 is 2.23. The summed E-state index contributed by atoms with van der Waals surface area (Å²) >= 11 is 0. The van der Waals surface area contributed by atoms with Gasteiger partial charge in [-0.3, -0.25) is 4.79 Å². The fraction of sp³-hybridized carbons (Fsp3) is 0.400. The van der Waals surface area contributed by atoms with Crippen LogP contribution < -0.4 is 10.6 Å². The molecule has 0 aliphatic rings. The van der Waals surface area contributed by atoms with E-state index < -0.39 is 0 Å². The number of hydrogen-bond donors (Lipinski definition) is 2. The van der Waals surface area contributed by atoms with E-state index in [9.17, 15) is 4.79 Å². The van der Waals surface area contributed by atoms with E-state index in [4.69, 9.17) is 0 Å². The first kappa shape index (κ1) is 13.6. The van der Waals surface area contributed by atoms with E-state index in [0.717, 1.165) is 26.1 Å². The number of aryl methyl sites for hydroxylation is 1. The maximum Gasteiger partial charge on any atom is 0.233 e. The average molecular weight is 259 g/mol. The molecule has 0 aliphatic carbocycles. The first-order valence-corrected chi connectivity index (χ1v) is 6.82. The van der Waals surface area contributed by atoms with Crippen molar-refractivity contribution in [3.8, 4) is 0 Å². The molecule has 0 unspecified atom stereocenters. The average Bonchev–Trinajstić information content (AvgIpc) is 2.85. The van der Waals surface area contributed by atoms with Crippen LogP contribution in [0.2, 0.25) is 0 Å². The number of benzene rings is 1. The first-order valence-electron chi connectivity index (χ1n) is 6.82. The molecule has 2 N–H and O–H groups in total. The molecule has 0 saturated heterocycles. The molecule has 0 bridgehead atoms. The van der Waals surface area contributed by atoms with Crippen molar-refractivity contribution < 1.29 is 4.79 Å². The fourth-order valence-electron chi connectivity index (χ4n) is 2.11. The highest BCUT2D eigenvalue weighted by Gasteiger charge is 2.01. The van der Waals surface area contributed by atoms with E-state index in [-0.39, 0.29) is 5.91 Å². The van der Waals surface area contributed by atoms with E-state index in [0.29, 0.717) is 6.54 Å². The number of nitrogens with one attached hydrogen (secondary N) is 2. The van der Waals surface area contributed by atoms with E-state index in [1.165, 1.54) is 10.9 Å². The Bertz CT molecular complexity index is 533. The van der Waals surface area contributed by atoms with Gasteiger partial charge < -0.3 is 15.2 Å². The topological polar surface area (TPSA) is 46.1 Å². The van der Waals surface area contributed by atoms with Gasteiger partial charge in [0.15, 0.2) is 0 Å². The number of amides is 1. The van der Waals surface area contributed by atoms with Crippen LogP contribution in [0.5, 0.6) is 0 Å². The lowest BCUT2D eigenvalue weighted by Crippen LogP contribution is -2.34. The van der Waals surface area contributed by atoms with Gasteiger partial charge in [0.2, 0.25) is 5.91 Å². The summed E-state index contributed by atoms with van der Waals surface area (Å²) in [6, 6.07) is 10.5. The Morgan fingerprint density at radius 2 is 2.11 bits per heavy atom. The summed E-state index contributed by atoms with van der Waals surface area (Å²) in [4.78, 5) is 11.4. The molecule has 0 atom stereocenters. The number of likely N-dealkylation sites (N-methyl/N-ethyl adjacent to an activating group) is 1. The molecule has 0 fully saturated rings. The quantitative estimate of drug-likeness (QED) is 0.744. The molecule has 4 heteroatoms. The van der Waals surface area contributed by atoms with Gasteiger partial charge in [0.05, 0.1) is 6.54 Å². The van der Waals surface area contributed by atoms with Crippen molar-refractivity contribution in [2.75, 3.05) is 19.6 Å². The molecule has 102 valence electrons. The zero-order valence-electron chi connectivity index (χ0n) is 11.4. The Morgan fingerprint density at radius 3 is 2.95 bits per heavy atom. The van der Waals surface area contributed by atoms with Crippen LogP contribution in [-0.2, 0) is 11.3 Å². The standard InChI is InChI=1S/C15H21N3O/c1-2-16-12-15(19)17-9-5-10-18-11-8-13-6-3-4-7-14(13)18/h3-4,6-8,11,16H,2,5,9-10,12H2,1H3,(H,17,19). The van der Waals surface area contributed by atoms with Gasteiger partial charge in [0.1, 0.15) is 0 Å². The molecule has 0 aliphatic heterocycles. The van der Waals surface area contributed by atoms with Gasteiger partial charge in [-0.15, -0.1) is 0 Å². The van der Waals surface area contributed by atoms with Gasteiger partial charge >= 0.3 is 0 Å². The minimum atomic E-state index is 0.0687. The van der Waals surface area contributed by atoms with Gasteiger partial charge in [-0.1, -0.05) is 25.1 Å². The SMILES string of the molecule is CCNCC(=O)NCCCn1ccc2ccccc21. The predicted octanol–water partition coefficient (Wildman–Crippen LogP) is 1.76. The number of aromatic nitrogens is 1. The molecule has 0 spiro atoms. The lowest BCUT2D eigenvalue weighted by Gasteiger charge is -2.07. The minimum Gasteiger partial charge on any atom is -0.355 e. The van der Waals surface area contributed by atoms with Crippen LogP contribution in [0.3, 0.4) is 0 Å². The van der Waals surface area contributed by atoms with Crippen LogP contribution in [0.15, 0.2) is 36.5 Å². The van der Waals surface area contributed by atoms with Gasteiger partial charge in [-0.25, -0.2) is 0 Å². The van der Waals surface area contributed by atoms with Crippen molar-refractivity contribution in [3.05, 3.63) is 36.5 Å². The first-order chi connectivity index (χ1) is 9.31. The number of hydrogen-bond acceptors (Lipinski definition) is 2. The molecule has 1 amide bonds. The Labute approximate surface area is 113 Å². The maximum atomic E-state index is 11.4. The largest absolute Gasteiger partial charge is 0.355 e. The third-order valence-electron chi connectivity index (χ3n) is 3.11. The number of para-hydroxylation sites is 1. The Hall–Kier alpha value is -1.81. The zero-order chi connectivity index (χ0) is 13.5. The molecule has 0 saturated carbocycles. The van der Waals surface area contributed by atoms with Crippen LogP contribution >= 0.6 is 0 Å². The van der Waals surface area contributed by atoms with Crippen molar-refractivity contribution in [3.63, 3.8) is 0 Å². The molecule has 0 radical (unpaired) electrons. The van der Waals surface area contributed by atoms with Crippen molar-refractivity contribution in [2.24, 2.45) is 0 Å². The predicted molar refractivity (Wildman–Crippen MR) is 78.1 cm³/mol. The lowest BCUT2D eigenvalue weighted by atomic mass is 10.2. The van der Waals surface area contributed by atoms with Crippen molar-refractivity contribution >= 4 is 16.8 Å². The van der Waals surface area contributed by atoms with Gasteiger partial charge in [0.25, 0.3) is 0 Å². The zero-order valence-corrected chi connectivity index (χ0v) is 11.4. The van der Waals surface area contributed by atoms with Gasteiger partial charge in [-0.2, -0.15) is 0 Å². The molecule has 2 rings (SSSR count). The van der Waals surface area contributed by atoms with Crippen LogP contribution in [0.25, 0.3) is 10.9 Å². The van der Waals surface area contributed by atoms with E-state index in [1.807, 2.05) is 13.0 Å². The molecule has 4 nitrogen and oxygen atoms in total. The van der Waals surface area contributed by atoms with Crippen LogP contribution in [0, 0.1) is 0 Å². The van der Waals surface area contributed by atoms with Crippen LogP contribution in [-0.4, -0.2) is 30.1 Å². The molecule has 2 aromatic rings. The smallest absolute Gasteiger partial charge is 0.233 e. The molecule has 19 heavy (non-hydrogen) atoms. The minimum absolute atomic E-state index is 0.0687. The highest BCUT2D eigenvalue weighted by Crippen LogP contribution is 2.14. The third-order valence-corrected chi connectivity index (χ3v) is 3.11. The highest BCUT2D eigenvalue weighted by molar-refractivity contribution is 5.80. The summed E-state index contributed by atoms with van der Waals surface area (Å²) in [5.41, 5.74) is 1.25. The van der Waals surface area contributed by atoms with Crippen molar-refractivity contribution in [2.45, 2.75) is 19.9 Å². The summed E-state index contributed by atoms with van der Waals surface area (Å²) in [5, 5.41) is 7.19. The van der Waals surface area contributed by atoms with Crippen molar-refractivity contribution in [1.29, 1.82) is 0 Å². The number of nitrogens with zero attached hydrogens (tertiary/aromatic N) is 1. The summed E-state index contributed by atoms with van der Waals surface area (Å²) in [6.45, 7) is 4.86. The molecular weight excluding hydrogens is 238 g/mol. The highest BCUT2D eigenvalue weighted by atomic mass is 16.1. The van der Waals surface area contributed by atoms with E-state index >= 15 is 0 Å². The second-order valence-corrected chi connectivity index (χ2v) is 4.55. The maximum absolute atomic E-state index is 11.4. The molecule has 1 heterocycles. The van der Waals surface area contributed by atoms with Gasteiger partial charge in [0, 0.05) is 24.8 Å². The Balaban J connectivity index is 1.75. The van der Waals surface area contributed by atoms with E-state index in [1.54, 1.807) is 0 Å².